The molecular formula is C13H20ClFN2O. The molecule has 0 amide bonds. The van der Waals surface area contributed by atoms with E-state index in [-0.39, 0.29) is 11.9 Å². The summed E-state index contributed by atoms with van der Waals surface area (Å²) in [5.74, 6) is 5.17. The SMILES string of the molecule is CCCOCCC(Cc1c(F)cccc1Cl)NN. The fourth-order valence-electron chi connectivity index (χ4n) is 1.69. The van der Waals surface area contributed by atoms with E-state index in [0.29, 0.717) is 23.6 Å². The second kappa shape index (κ2) is 8.43. The van der Waals surface area contributed by atoms with Gasteiger partial charge in [0, 0.05) is 29.8 Å². The first-order valence-electron chi connectivity index (χ1n) is 6.15. The second-order valence-corrected chi connectivity index (χ2v) is 4.58. The van der Waals surface area contributed by atoms with E-state index in [9.17, 15) is 4.39 Å². The maximum absolute atomic E-state index is 13.6. The van der Waals surface area contributed by atoms with Gasteiger partial charge in [0.1, 0.15) is 5.82 Å². The van der Waals surface area contributed by atoms with Gasteiger partial charge in [-0.15, -0.1) is 0 Å². The van der Waals surface area contributed by atoms with E-state index >= 15 is 0 Å². The first-order valence-corrected chi connectivity index (χ1v) is 6.53. The highest BCUT2D eigenvalue weighted by molar-refractivity contribution is 6.31. The lowest BCUT2D eigenvalue weighted by molar-refractivity contribution is 0.124. The van der Waals surface area contributed by atoms with Crippen molar-refractivity contribution in [1.82, 2.24) is 5.43 Å². The Bertz CT molecular complexity index is 343. The van der Waals surface area contributed by atoms with Gasteiger partial charge in [0.25, 0.3) is 0 Å². The van der Waals surface area contributed by atoms with Crippen molar-refractivity contribution < 1.29 is 9.13 Å². The Balaban J connectivity index is 2.52. The number of halogens is 2. The van der Waals surface area contributed by atoms with Crippen LogP contribution in [0.3, 0.4) is 0 Å². The third-order valence-corrected chi connectivity index (χ3v) is 3.06. The molecule has 0 aliphatic rings. The Morgan fingerprint density at radius 2 is 2.22 bits per heavy atom. The van der Waals surface area contributed by atoms with Crippen LogP contribution in [0.4, 0.5) is 4.39 Å². The third kappa shape index (κ3) is 4.90. The lowest BCUT2D eigenvalue weighted by Crippen LogP contribution is -2.38. The third-order valence-electron chi connectivity index (χ3n) is 2.71. The standard InChI is InChI=1S/C13H20ClFN2O/c1-2-7-18-8-6-10(17-16)9-11-12(14)4-3-5-13(11)15/h3-5,10,17H,2,6-9,16H2,1H3. The number of rotatable bonds is 8. The highest BCUT2D eigenvalue weighted by Gasteiger charge is 2.13. The minimum absolute atomic E-state index is 0.0451. The quantitative estimate of drug-likeness (QED) is 0.435. The van der Waals surface area contributed by atoms with Crippen molar-refractivity contribution in [2.75, 3.05) is 13.2 Å². The molecule has 0 saturated carbocycles. The van der Waals surface area contributed by atoms with Gasteiger partial charge >= 0.3 is 0 Å². The number of hydrazine groups is 1. The summed E-state index contributed by atoms with van der Waals surface area (Å²) in [6.45, 7) is 3.39. The van der Waals surface area contributed by atoms with Gasteiger partial charge in [-0.05, 0) is 31.4 Å². The Labute approximate surface area is 112 Å². The van der Waals surface area contributed by atoms with Crippen molar-refractivity contribution in [3.05, 3.63) is 34.6 Å². The Morgan fingerprint density at radius 3 is 2.83 bits per heavy atom. The van der Waals surface area contributed by atoms with E-state index < -0.39 is 0 Å². The lowest BCUT2D eigenvalue weighted by Gasteiger charge is -2.17. The van der Waals surface area contributed by atoms with Crippen molar-refractivity contribution in [1.29, 1.82) is 0 Å². The van der Waals surface area contributed by atoms with Gasteiger partial charge < -0.3 is 4.74 Å². The van der Waals surface area contributed by atoms with Gasteiger partial charge in [-0.1, -0.05) is 24.6 Å². The predicted molar refractivity (Wildman–Crippen MR) is 72.0 cm³/mol. The summed E-state index contributed by atoms with van der Waals surface area (Å²) < 4.78 is 19.0. The zero-order valence-electron chi connectivity index (χ0n) is 10.6. The van der Waals surface area contributed by atoms with E-state index in [1.165, 1.54) is 6.07 Å². The molecule has 1 aromatic carbocycles. The number of nitrogens with two attached hydrogens (primary N) is 1. The van der Waals surface area contributed by atoms with E-state index in [1.54, 1.807) is 12.1 Å². The number of benzene rings is 1. The summed E-state index contributed by atoms with van der Waals surface area (Å²) in [7, 11) is 0. The van der Waals surface area contributed by atoms with Crippen molar-refractivity contribution in [3.63, 3.8) is 0 Å². The van der Waals surface area contributed by atoms with Gasteiger partial charge in [0.2, 0.25) is 0 Å². The molecule has 3 N–H and O–H groups in total. The molecule has 0 aromatic heterocycles. The van der Waals surface area contributed by atoms with Crippen LogP contribution < -0.4 is 11.3 Å². The molecule has 0 aliphatic heterocycles. The molecular weight excluding hydrogens is 255 g/mol. The molecule has 102 valence electrons. The molecule has 0 spiro atoms. The van der Waals surface area contributed by atoms with E-state index in [2.05, 4.69) is 12.3 Å². The molecule has 1 aromatic rings. The van der Waals surface area contributed by atoms with E-state index in [0.717, 1.165) is 19.4 Å². The molecule has 0 bridgehead atoms. The molecule has 0 saturated heterocycles. The minimum atomic E-state index is -0.294. The molecule has 0 heterocycles. The van der Waals surface area contributed by atoms with Gasteiger partial charge in [0.15, 0.2) is 0 Å². The Morgan fingerprint density at radius 1 is 1.44 bits per heavy atom. The first kappa shape index (κ1) is 15.4. The predicted octanol–water partition coefficient (Wildman–Crippen LogP) is 2.67. The van der Waals surface area contributed by atoms with Crippen LogP contribution in [0.15, 0.2) is 18.2 Å². The topological polar surface area (TPSA) is 47.3 Å². The molecule has 1 atom stereocenters. The normalized spacial score (nSPS) is 12.7. The molecule has 3 nitrogen and oxygen atoms in total. The number of nitrogens with one attached hydrogen (secondary N) is 1. The maximum atomic E-state index is 13.6. The minimum Gasteiger partial charge on any atom is -0.381 e. The van der Waals surface area contributed by atoms with Gasteiger partial charge in [-0.25, -0.2) is 4.39 Å². The molecule has 0 aliphatic carbocycles. The number of ether oxygens (including phenoxy) is 1. The average Bonchev–Trinajstić information content (AvgIpc) is 2.36. The molecule has 18 heavy (non-hydrogen) atoms. The first-order chi connectivity index (χ1) is 8.69. The summed E-state index contributed by atoms with van der Waals surface area (Å²) in [6, 6.07) is 4.64. The maximum Gasteiger partial charge on any atom is 0.127 e. The van der Waals surface area contributed by atoms with Gasteiger partial charge in [0.05, 0.1) is 0 Å². The Hall–Kier alpha value is -0.680. The van der Waals surface area contributed by atoms with Crippen molar-refractivity contribution in [3.8, 4) is 0 Å². The van der Waals surface area contributed by atoms with Crippen LogP contribution >= 0.6 is 11.6 Å². The lowest BCUT2D eigenvalue weighted by atomic mass is 10.0. The summed E-state index contributed by atoms with van der Waals surface area (Å²) in [5.41, 5.74) is 3.17. The Kier molecular flexibility index (Phi) is 7.20. The molecule has 0 fully saturated rings. The zero-order chi connectivity index (χ0) is 13.4. The molecule has 5 heteroatoms. The van der Waals surface area contributed by atoms with Gasteiger partial charge in [-0.2, -0.15) is 0 Å². The van der Waals surface area contributed by atoms with E-state index in [4.69, 9.17) is 22.2 Å². The monoisotopic (exact) mass is 274 g/mol. The fraction of sp³-hybridized carbons (Fsp3) is 0.538. The summed E-state index contributed by atoms with van der Waals surface area (Å²) in [6.07, 6.45) is 2.17. The van der Waals surface area contributed by atoms with Crippen LogP contribution in [-0.4, -0.2) is 19.3 Å². The van der Waals surface area contributed by atoms with Crippen LogP contribution in [0.25, 0.3) is 0 Å². The summed E-state index contributed by atoms with van der Waals surface area (Å²) >= 11 is 5.97. The molecule has 0 radical (unpaired) electrons. The zero-order valence-corrected chi connectivity index (χ0v) is 11.3. The fourth-order valence-corrected chi connectivity index (χ4v) is 1.93. The smallest absolute Gasteiger partial charge is 0.127 e. The largest absolute Gasteiger partial charge is 0.381 e. The summed E-state index contributed by atoms with van der Waals surface area (Å²) in [5, 5.41) is 0.435. The van der Waals surface area contributed by atoms with Crippen molar-refractivity contribution >= 4 is 11.6 Å². The van der Waals surface area contributed by atoms with Crippen molar-refractivity contribution in [2.24, 2.45) is 5.84 Å². The second-order valence-electron chi connectivity index (χ2n) is 4.17. The number of hydrogen-bond acceptors (Lipinski definition) is 3. The highest BCUT2D eigenvalue weighted by Crippen LogP contribution is 2.21. The van der Waals surface area contributed by atoms with Crippen LogP contribution in [-0.2, 0) is 11.2 Å². The van der Waals surface area contributed by atoms with Crippen molar-refractivity contribution in [2.45, 2.75) is 32.2 Å². The number of hydrogen-bond donors (Lipinski definition) is 2. The average molecular weight is 275 g/mol. The molecule has 1 rings (SSSR count). The highest BCUT2D eigenvalue weighted by atomic mass is 35.5. The van der Waals surface area contributed by atoms with Crippen LogP contribution in [0, 0.1) is 5.82 Å². The van der Waals surface area contributed by atoms with Crippen LogP contribution in [0.2, 0.25) is 5.02 Å². The van der Waals surface area contributed by atoms with Crippen LogP contribution in [0.5, 0.6) is 0 Å². The summed E-state index contributed by atoms with van der Waals surface area (Å²) in [4.78, 5) is 0. The molecule has 1 unspecified atom stereocenters. The van der Waals surface area contributed by atoms with Crippen LogP contribution in [0.1, 0.15) is 25.3 Å². The van der Waals surface area contributed by atoms with E-state index in [1.807, 2.05) is 0 Å². The van der Waals surface area contributed by atoms with Gasteiger partial charge in [-0.3, -0.25) is 11.3 Å².